The first kappa shape index (κ1) is 12.7. The highest BCUT2D eigenvalue weighted by Crippen LogP contribution is 2.32. The zero-order valence-electron chi connectivity index (χ0n) is 10.7. The molecule has 0 fully saturated rings. The smallest absolute Gasteiger partial charge is 0.223 e. The van der Waals surface area contributed by atoms with E-state index in [2.05, 4.69) is 0 Å². The van der Waals surface area contributed by atoms with E-state index in [0.29, 0.717) is 19.0 Å². The zero-order valence-corrected chi connectivity index (χ0v) is 10.7. The number of rotatable bonds is 3. The van der Waals surface area contributed by atoms with Gasteiger partial charge in [0, 0.05) is 26.6 Å². The average molecular weight is 250 g/mol. The molecule has 0 spiro atoms. The van der Waals surface area contributed by atoms with E-state index in [1.54, 1.807) is 14.1 Å². The van der Waals surface area contributed by atoms with Crippen LogP contribution in [0.15, 0.2) is 18.2 Å². The van der Waals surface area contributed by atoms with E-state index < -0.39 is 0 Å². The van der Waals surface area contributed by atoms with Crippen molar-refractivity contribution in [1.29, 1.82) is 0 Å². The topological polar surface area (TPSA) is 64.8 Å². The van der Waals surface area contributed by atoms with Crippen molar-refractivity contribution in [3.8, 4) is 11.5 Å². The number of fused-ring (bicyclic) bond motifs is 1. The fourth-order valence-electron chi connectivity index (χ4n) is 1.78. The van der Waals surface area contributed by atoms with Crippen LogP contribution in [0.5, 0.6) is 11.5 Å². The number of nitrogens with two attached hydrogens (primary N) is 1. The fourth-order valence-corrected chi connectivity index (χ4v) is 1.78. The van der Waals surface area contributed by atoms with Gasteiger partial charge in [0.1, 0.15) is 13.2 Å². The van der Waals surface area contributed by atoms with Gasteiger partial charge in [-0.2, -0.15) is 0 Å². The lowest BCUT2D eigenvalue weighted by atomic mass is 10.0. The first-order valence-corrected chi connectivity index (χ1v) is 5.93. The Labute approximate surface area is 106 Å². The first-order valence-electron chi connectivity index (χ1n) is 5.93. The number of nitrogens with zero attached hydrogens (tertiary/aromatic N) is 1. The number of benzene rings is 1. The Bertz CT molecular complexity index is 446. The van der Waals surface area contributed by atoms with Gasteiger partial charge in [0.05, 0.1) is 0 Å². The zero-order chi connectivity index (χ0) is 13.1. The SMILES string of the molecule is CN(C)C(=O)CC(N)c1ccc2c(c1)OCCO2. The van der Waals surface area contributed by atoms with Gasteiger partial charge in [-0.25, -0.2) is 0 Å². The number of carbonyl (C=O) groups excluding carboxylic acids is 1. The van der Waals surface area contributed by atoms with Crippen molar-refractivity contribution in [1.82, 2.24) is 4.90 Å². The summed E-state index contributed by atoms with van der Waals surface area (Å²) < 4.78 is 10.9. The van der Waals surface area contributed by atoms with Gasteiger partial charge in [-0.15, -0.1) is 0 Å². The van der Waals surface area contributed by atoms with E-state index in [1.807, 2.05) is 18.2 Å². The fraction of sp³-hybridized carbons (Fsp3) is 0.462. The minimum Gasteiger partial charge on any atom is -0.486 e. The molecule has 0 aromatic heterocycles. The van der Waals surface area contributed by atoms with Crippen LogP contribution in [-0.2, 0) is 4.79 Å². The standard InChI is InChI=1S/C13H18N2O3/c1-15(2)13(16)8-10(14)9-3-4-11-12(7-9)18-6-5-17-11/h3-4,7,10H,5-6,8,14H2,1-2H3. The Morgan fingerprint density at radius 1 is 1.33 bits per heavy atom. The lowest BCUT2D eigenvalue weighted by Gasteiger charge is -2.21. The summed E-state index contributed by atoms with van der Waals surface area (Å²) in [5.74, 6) is 1.44. The molecule has 0 aliphatic carbocycles. The van der Waals surface area contributed by atoms with Crippen molar-refractivity contribution in [3.05, 3.63) is 23.8 Å². The number of hydrogen-bond acceptors (Lipinski definition) is 4. The van der Waals surface area contributed by atoms with Gasteiger partial charge < -0.3 is 20.1 Å². The van der Waals surface area contributed by atoms with Crippen LogP contribution in [0.3, 0.4) is 0 Å². The molecule has 0 bridgehead atoms. The summed E-state index contributed by atoms with van der Waals surface area (Å²) in [7, 11) is 3.44. The molecule has 1 heterocycles. The Hall–Kier alpha value is -1.75. The molecule has 0 saturated carbocycles. The monoisotopic (exact) mass is 250 g/mol. The molecule has 5 heteroatoms. The summed E-state index contributed by atoms with van der Waals surface area (Å²) in [5, 5.41) is 0. The lowest BCUT2D eigenvalue weighted by Crippen LogP contribution is -2.26. The molecule has 1 aliphatic heterocycles. The van der Waals surface area contributed by atoms with Gasteiger partial charge in [0.15, 0.2) is 11.5 Å². The molecule has 1 aromatic rings. The van der Waals surface area contributed by atoms with Crippen molar-refractivity contribution < 1.29 is 14.3 Å². The highest BCUT2D eigenvalue weighted by Gasteiger charge is 2.17. The third kappa shape index (κ3) is 2.73. The molecule has 1 unspecified atom stereocenters. The van der Waals surface area contributed by atoms with Crippen LogP contribution in [0, 0.1) is 0 Å². The van der Waals surface area contributed by atoms with E-state index in [-0.39, 0.29) is 18.4 Å². The molecular formula is C13H18N2O3. The van der Waals surface area contributed by atoms with Crippen LogP contribution in [0.25, 0.3) is 0 Å². The molecule has 2 N–H and O–H groups in total. The largest absolute Gasteiger partial charge is 0.486 e. The second-order valence-electron chi connectivity index (χ2n) is 4.50. The summed E-state index contributed by atoms with van der Waals surface area (Å²) in [5.41, 5.74) is 6.91. The number of ether oxygens (including phenoxy) is 2. The molecular weight excluding hydrogens is 232 g/mol. The Morgan fingerprint density at radius 3 is 2.67 bits per heavy atom. The highest BCUT2D eigenvalue weighted by molar-refractivity contribution is 5.76. The van der Waals surface area contributed by atoms with Gasteiger partial charge in [0.25, 0.3) is 0 Å². The van der Waals surface area contributed by atoms with Crippen LogP contribution < -0.4 is 15.2 Å². The quantitative estimate of drug-likeness (QED) is 0.867. The Balaban J connectivity index is 2.11. The molecule has 18 heavy (non-hydrogen) atoms. The summed E-state index contributed by atoms with van der Waals surface area (Å²) in [4.78, 5) is 13.1. The van der Waals surface area contributed by atoms with Gasteiger partial charge in [-0.1, -0.05) is 6.07 Å². The van der Waals surface area contributed by atoms with E-state index >= 15 is 0 Å². The lowest BCUT2D eigenvalue weighted by molar-refractivity contribution is -0.129. The third-order valence-corrected chi connectivity index (χ3v) is 2.89. The molecule has 0 radical (unpaired) electrons. The van der Waals surface area contributed by atoms with Crippen LogP contribution in [0.1, 0.15) is 18.0 Å². The average Bonchev–Trinajstić information content (AvgIpc) is 2.37. The van der Waals surface area contributed by atoms with Gasteiger partial charge in [-0.05, 0) is 17.7 Å². The normalized spacial score (nSPS) is 15.1. The van der Waals surface area contributed by atoms with E-state index in [4.69, 9.17) is 15.2 Å². The van der Waals surface area contributed by atoms with Gasteiger partial charge in [-0.3, -0.25) is 4.79 Å². The Morgan fingerprint density at radius 2 is 2.00 bits per heavy atom. The molecule has 1 aliphatic rings. The van der Waals surface area contributed by atoms with Gasteiger partial charge >= 0.3 is 0 Å². The van der Waals surface area contributed by atoms with Crippen molar-refractivity contribution in [2.75, 3.05) is 27.3 Å². The highest BCUT2D eigenvalue weighted by atomic mass is 16.6. The van der Waals surface area contributed by atoms with Crippen molar-refractivity contribution in [3.63, 3.8) is 0 Å². The van der Waals surface area contributed by atoms with Crippen LogP contribution in [0.2, 0.25) is 0 Å². The van der Waals surface area contributed by atoms with Crippen LogP contribution in [-0.4, -0.2) is 38.1 Å². The number of amides is 1. The summed E-state index contributed by atoms with van der Waals surface area (Å²) in [6.45, 7) is 1.11. The third-order valence-electron chi connectivity index (χ3n) is 2.89. The second-order valence-corrected chi connectivity index (χ2v) is 4.50. The molecule has 98 valence electrons. The molecule has 2 rings (SSSR count). The minimum atomic E-state index is -0.323. The molecule has 5 nitrogen and oxygen atoms in total. The maximum atomic E-state index is 11.6. The number of carbonyl (C=O) groups is 1. The first-order chi connectivity index (χ1) is 8.58. The van der Waals surface area contributed by atoms with Crippen LogP contribution in [0.4, 0.5) is 0 Å². The summed E-state index contributed by atoms with van der Waals surface area (Å²) >= 11 is 0. The molecule has 0 saturated heterocycles. The van der Waals surface area contributed by atoms with E-state index in [0.717, 1.165) is 11.3 Å². The summed E-state index contributed by atoms with van der Waals surface area (Å²) in [6.07, 6.45) is 0.284. The molecule has 1 amide bonds. The number of hydrogen-bond donors (Lipinski definition) is 1. The second kappa shape index (κ2) is 5.27. The Kier molecular flexibility index (Phi) is 3.72. The minimum absolute atomic E-state index is 0.0115. The van der Waals surface area contributed by atoms with E-state index in [1.165, 1.54) is 4.90 Å². The predicted octanol–water partition coefficient (Wildman–Crippen LogP) is 0.936. The summed E-state index contributed by atoms with van der Waals surface area (Å²) in [6, 6.07) is 5.24. The molecule has 1 atom stereocenters. The molecule has 1 aromatic carbocycles. The maximum absolute atomic E-state index is 11.6. The van der Waals surface area contributed by atoms with Crippen molar-refractivity contribution in [2.24, 2.45) is 5.73 Å². The van der Waals surface area contributed by atoms with Gasteiger partial charge in [0.2, 0.25) is 5.91 Å². The van der Waals surface area contributed by atoms with Crippen LogP contribution >= 0.6 is 0 Å². The van der Waals surface area contributed by atoms with E-state index in [9.17, 15) is 4.79 Å². The maximum Gasteiger partial charge on any atom is 0.223 e. The van der Waals surface area contributed by atoms with Crippen molar-refractivity contribution in [2.45, 2.75) is 12.5 Å². The van der Waals surface area contributed by atoms with Crippen molar-refractivity contribution >= 4 is 5.91 Å². The predicted molar refractivity (Wildman–Crippen MR) is 67.7 cm³/mol.